The van der Waals surface area contributed by atoms with Gasteiger partial charge in [-0.1, -0.05) is 0 Å². The van der Waals surface area contributed by atoms with Crippen molar-refractivity contribution in [3.05, 3.63) is 47.8 Å². The van der Waals surface area contributed by atoms with Crippen LogP contribution < -0.4 is 19.9 Å². The van der Waals surface area contributed by atoms with Crippen molar-refractivity contribution in [3.8, 4) is 11.8 Å². The number of pyridine rings is 1. The van der Waals surface area contributed by atoms with Gasteiger partial charge in [-0.25, -0.2) is 4.98 Å². The predicted octanol–water partition coefficient (Wildman–Crippen LogP) is 3.77. The minimum atomic E-state index is -4.79. The zero-order valence-electron chi connectivity index (χ0n) is 17.9. The van der Waals surface area contributed by atoms with Crippen molar-refractivity contribution < 1.29 is 22.7 Å². The van der Waals surface area contributed by atoms with E-state index >= 15 is 0 Å². The van der Waals surface area contributed by atoms with Gasteiger partial charge in [0.2, 0.25) is 0 Å². The maximum absolute atomic E-state index is 13.5. The van der Waals surface area contributed by atoms with Gasteiger partial charge in [-0.2, -0.15) is 18.4 Å². The largest absolute Gasteiger partial charge is 0.489 e. The monoisotopic (exact) mass is 487 g/mol. The fourth-order valence-electron chi connectivity index (χ4n) is 4.68. The number of ether oxygens (including phenoxy) is 1. The van der Waals surface area contributed by atoms with E-state index in [-0.39, 0.29) is 22.8 Å². The molecule has 2 aromatic rings. The molecule has 3 aliphatic rings. The molecule has 11 heteroatoms. The van der Waals surface area contributed by atoms with Crippen LogP contribution in [0, 0.1) is 11.3 Å². The lowest BCUT2D eigenvalue weighted by Crippen LogP contribution is -2.55. The van der Waals surface area contributed by atoms with Crippen molar-refractivity contribution in [1.29, 1.82) is 5.26 Å². The summed E-state index contributed by atoms with van der Waals surface area (Å²) in [5, 5.41) is 12.4. The second kappa shape index (κ2) is 8.21. The molecule has 1 amide bonds. The van der Waals surface area contributed by atoms with E-state index in [1.165, 1.54) is 6.07 Å². The number of thiocarbonyl (C=S) groups is 1. The van der Waals surface area contributed by atoms with E-state index in [4.69, 9.17) is 22.2 Å². The number of halogens is 3. The van der Waals surface area contributed by atoms with Crippen molar-refractivity contribution >= 4 is 34.6 Å². The third kappa shape index (κ3) is 3.58. The number of amides is 1. The van der Waals surface area contributed by atoms with E-state index in [0.29, 0.717) is 24.3 Å². The summed E-state index contributed by atoms with van der Waals surface area (Å²) in [7, 11) is 0. The van der Waals surface area contributed by atoms with Gasteiger partial charge in [-0.15, -0.1) is 0 Å². The number of carbonyl (C=O) groups excluding carboxylic acids is 1. The number of benzene rings is 1. The standard InChI is InChI=1S/C23H20F3N5O2S/c24-23(25,26)18-10-15(12-29-19(18)11-27)30-20(32)22(7-1-8-22)31(21(30)34)14-2-4-16(5-3-14)33-17-6-9-28-13-17/h2-5,10,12,17,28H,1,6-9,13H2/t17-/m1/s1. The molecular formula is C23H20F3N5O2S. The normalized spacial score (nSPS) is 21.6. The van der Waals surface area contributed by atoms with E-state index in [2.05, 4.69) is 10.3 Å². The number of rotatable bonds is 4. The molecule has 1 aromatic heterocycles. The zero-order valence-corrected chi connectivity index (χ0v) is 18.7. The average Bonchev–Trinajstić information content (AvgIpc) is 3.37. The van der Waals surface area contributed by atoms with E-state index in [1.807, 2.05) is 0 Å². The average molecular weight is 488 g/mol. The molecule has 1 N–H and O–H groups in total. The van der Waals surface area contributed by atoms with Crippen LogP contribution >= 0.6 is 12.2 Å². The number of nitrogens with one attached hydrogen (secondary N) is 1. The lowest BCUT2D eigenvalue weighted by Gasteiger charge is -2.43. The first-order valence-corrected chi connectivity index (χ1v) is 11.3. The summed E-state index contributed by atoms with van der Waals surface area (Å²) in [5.74, 6) is 0.306. The molecule has 1 spiro atoms. The molecule has 1 aliphatic carbocycles. The first-order valence-electron chi connectivity index (χ1n) is 10.9. The Balaban J connectivity index is 1.48. The molecule has 2 saturated heterocycles. The second-order valence-electron chi connectivity index (χ2n) is 8.57. The van der Waals surface area contributed by atoms with Crippen LogP contribution in [0.25, 0.3) is 0 Å². The van der Waals surface area contributed by atoms with Gasteiger partial charge in [0, 0.05) is 12.2 Å². The van der Waals surface area contributed by atoms with Crippen LogP contribution in [0.3, 0.4) is 0 Å². The van der Waals surface area contributed by atoms with Gasteiger partial charge in [0.1, 0.15) is 23.5 Å². The highest BCUT2D eigenvalue weighted by Crippen LogP contribution is 2.48. The predicted molar refractivity (Wildman–Crippen MR) is 121 cm³/mol. The minimum absolute atomic E-state index is 0.0815. The Bertz CT molecular complexity index is 1180. The Morgan fingerprint density at radius 1 is 1.24 bits per heavy atom. The summed E-state index contributed by atoms with van der Waals surface area (Å²) < 4.78 is 46.5. The smallest absolute Gasteiger partial charge is 0.419 e. The maximum Gasteiger partial charge on any atom is 0.419 e. The highest BCUT2D eigenvalue weighted by molar-refractivity contribution is 7.81. The minimum Gasteiger partial charge on any atom is -0.489 e. The van der Waals surface area contributed by atoms with Crippen LogP contribution in [0.15, 0.2) is 36.5 Å². The molecule has 0 radical (unpaired) electrons. The van der Waals surface area contributed by atoms with E-state index < -0.39 is 23.0 Å². The molecule has 3 fully saturated rings. The van der Waals surface area contributed by atoms with E-state index in [9.17, 15) is 18.0 Å². The number of hydrogen-bond acceptors (Lipinski definition) is 6. The molecule has 0 bridgehead atoms. The fraction of sp³-hybridized carbons (Fsp3) is 0.391. The number of nitrogens with zero attached hydrogens (tertiary/aromatic N) is 4. The summed E-state index contributed by atoms with van der Waals surface area (Å²) in [4.78, 5) is 20.0. The van der Waals surface area contributed by atoms with E-state index in [0.717, 1.165) is 43.1 Å². The van der Waals surface area contributed by atoms with Gasteiger partial charge in [0.15, 0.2) is 10.8 Å². The first kappa shape index (κ1) is 22.6. The lowest BCUT2D eigenvalue weighted by molar-refractivity contribution is -0.138. The summed E-state index contributed by atoms with van der Waals surface area (Å²) in [6.07, 6.45) is -0.830. The zero-order chi connectivity index (χ0) is 24.1. The Hall–Kier alpha value is -3.23. The third-order valence-electron chi connectivity index (χ3n) is 6.55. The Morgan fingerprint density at radius 3 is 2.53 bits per heavy atom. The summed E-state index contributed by atoms with van der Waals surface area (Å²) >= 11 is 5.62. The highest BCUT2D eigenvalue weighted by atomic mass is 32.1. The van der Waals surface area contributed by atoms with Gasteiger partial charge in [-0.3, -0.25) is 9.69 Å². The van der Waals surface area contributed by atoms with Crippen LogP contribution in [-0.2, 0) is 11.0 Å². The van der Waals surface area contributed by atoms with E-state index in [1.54, 1.807) is 29.2 Å². The van der Waals surface area contributed by atoms with Gasteiger partial charge in [-0.05, 0) is 74.8 Å². The molecule has 1 saturated carbocycles. The Kier molecular flexibility index (Phi) is 5.45. The van der Waals surface area contributed by atoms with Crippen molar-refractivity contribution in [2.24, 2.45) is 0 Å². The lowest BCUT2D eigenvalue weighted by atomic mass is 9.75. The third-order valence-corrected chi connectivity index (χ3v) is 6.91. The summed E-state index contributed by atoms with van der Waals surface area (Å²) in [6, 6.07) is 9.44. The number of aromatic nitrogens is 1. The molecule has 1 aromatic carbocycles. The number of carbonyl (C=O) groups is 1. The molecule has 176 valence electrons. The molecule has 1 atom stereocenters. The van der Waals surface area contributed by atoms with Gasteiger partial charge < -0.3 is 15.0 Å². The molecule has 3 heterocycles. The number of nitriles is 1. The Labute approximate surface area is 199 Å². The van der Waals surface area contributed by atoms with Crippen molar-refractivity contribution in [2.75, 3.05) is 22.9 Å². The van der Waals surface area contributed by atoms with Crippen LogP contribution in [0.1, 0.15) is 36.9 Å². The van der Waals surface area contributed by atoms with Gasteiger partial charge >= 0.3 is 6.18 Å². The van der Waals surface area contributed by atoms with Crippen LogP contribution in [0.2, 0.25) is 0 Å². The molecule has 0 unspecified atom stereocenters. The van der Waals surface area contributed by atoms with Gasteiger partial charge in [0.25, 0.3) is 5.91 Å². The molecule has 2 aliphatic heterocycles. The van der Waals surface area contributed by atoms with Crippen molar-refractivity contribution in [2.45, 2.75) is 43.5 Å². The summed E-state index contributed by atoms with van der Waals surface area (Å²) in [6.45, 7) is 1.69. The second-order valence-corrected chi connectivity index (χ2v) is 8.93. The molecular weight excluding hydrogens is 467 g/mol. The molecule has 5 rings (SSSR count). The molecule has 34 heavy (non-hydrogen) atoms. The first-order chi connectivity index (χ1) is 16.2. The quantitative estimate of drug-likeness (QED) is 0.658. The Morgan fingerprint density at radius 2 is 1.97 bits per heavy atom. The maximum atomic E-state index is 13.5. The van der Waals surface area contributed by atoms with Crippen molar-refractivity contribution in [1.82, 2.24) is 10.3 Å². The van der Waals surface area contributed by atoms with Crippen LogP contribution in [0.5, 0.6) is 5.75 Å². The van der Waals surface area contributed by atoms with Crippen LogP contribution in [0.4, 0.5) is 24.5 Å². The SMILES string of the molecule is N#Cc1ncc(N2C(=O)C3(CCC3)N(c3ccc(O[C@@H]4CCNC4)cc3)C2=S)cc1C(F)(F)F. The molecule has 7 nitrogen and oxygen atoms in total. The topological polar surface area (TPSA) is 81.5 Å². The number of alkyl halides is 3. The number of anilines is 2. The highest BCUT2D eigenvalue weighted by Gasteiger charge is 2.59. The van der Waals surface area contributed by atoms with Crippen molar-refractivity contribution in [3.63, 3.8) is 0 Å². The summed E-state index contributed by atoms with van der Waals surface area (Å²) in [5.41, 5.74) is -2.34. The van der Waals surface area contributed by atoms with Gasteiger partial charge in [0.05, 0.1) is 17.4 Å². The van der Waals surface area contributed by atoms with Crippen LogP contribution in [-0.4, -0.2) is 40.7 Å². The fourth-order valence-corrected chi connectivity index (χ4v) is 5.15. The number of hydrogen-bond donors (Lipinski definition) is 1.